The largest absolute Gasteiger partial charge is 0.306 e. The number of piperidine rings is 1. The van der Waals surface area contributed by atoms with Gasteiger partial charge in [-0.2, -0.15) is 0 Å². The van der Waals surface area contributed by atoms with E-state index >= 15 is 0 Å². The summed E-state index contributed by atoms with van der Waals surface area (Å²) < 4.78 is 0. The van der Waals surface area contributed by atoms with E-state index in [0.717, 1.165) is 0 Å². The van der Waals surface area contributed by atoms with E-state index in [1.165, 1.54) is 51.2 Å². The van der Waals surface area contributed by atoms with Crippen molar-refractivity contribution in [2.45, 2.75) is 31.1 Å². The molecule has 0 atom stereocenters. The molecule has 82 valence electrons. The molecule has 0 aliphatic carbocycles. The van der Waals surface area contributed by atoms with E-state index in [1.807, 2.05) is 0 Å². The van der Waals surface area contributed by atoms with Crippen molar-refractivity contribution in [1.29, 1.82) is 0 Å². The zero-order valence-corrected chi connectivity index (χ0v) is 10.3. The Morgan fingerprint density at radius 2 is 1.93 bits per heavy atom. The quantitative estimate of drug-likeness (QED) is 0.658. The summed E-state index contributed by atoms with van der Waals surface area (Å²) in [7, 11) is 2.25. The molecule has 2 rings (SSSR count). The fraction of sp³-hybridized carbons (Fsp3) is 1.00. The molecule has 2 fully saturated rings. The highest BCUT2D eigenvalue weighted by Gasteiger charge is 2.40. The summed E-state index contributed by atoms with van der Waals surface area (Å²) in [5.41, 5.74) is 0. The van der Waals surface area contributed by atoms with Crippen molar-refractivity contribution < 1.29 is 0 Å². The lowest BCUT2D eigenvalue weighted by molar-refractivity contribution is 0.0954. The molecule has 0 aromatic heterocycles. The molecule has 2 aliphatic rings. The lowest BCUT2D eigenvalue weighted by Gasteiger charge is -2.50. The van der Waals surface area contributed by atoms with Gasteiger partial charge in [0.25, 0.3) is 0 Å². The molecule has 0 radical (unpaired) electrons. The van der Waals surface area contributed by atoms with Gasteiger partial charge in [-0.15, -0.1) is 11.8 Å². The van der Waals surface area contributed by atoms with Gasteiger partial charge in [0.1, 0.15) is 0 Å². The molecule has 0 aromatic rings. The molecule has 1 spiro atoms. The van der Waals surface area contributed by atoms with Gasteiger partial charge in [-0.3, -0.25) is 4.90 Å². The second-order valence-corrected chi connectivity index (χ2v) is 5.99. The van der Waals surface area contributed by atoms with Gasteiger partial charge in [0, 0.05) is 19.6 Å². The Balaban J connectivity index is 2.03. The second-order valence-electron chi connectivity index (χ2n) is 4.53. The third kappa shape index (κ3) is 1.95. The van der Waals surface area contributed by atoms with Crippen LogP contribution in [0.1, 0.15) is 26.2 Å². The maximum atomic E-state index is 2.72. The first kappa shape index (κ1) is 10.8. The Bertz CT molecular complexity index is 188. The zero-order valence-electron chi connectivity index (χ0n) is 9.46. The van der Waals surface area contributed by atoms with Crippen LogP contribution in [0.25, 0.3) is 0 Å². The van der Waals surface area contributed by atoms with Crippen LogP contribution in [-0.2, 0) is 0 Å². The highest BCUT2D eigenvalue weighted by atomic mass is 32.2. The van der Waals surface area contributed by atoms with Crippen LogP contribution in [0.4, 0.5) is 0 Å². The van der Waals surface area contributed by atoms with Gasteiger partial charge in [-0.05, 0) is 38.6 Å². The lowest BCUT2D eigenvalue weighted by atomic mass is 10.0. The molecule has 2 heterocycles. The number of hydrogen-bond acceptors (Lipinski definition) is 3. The number of hydrogen-bond donors (Lipinski definition) is 0. The Hall–Kier alpha value is 0.270. The summed E-state index contributed by atoms with van der Waals surface area (Å²) in [6, 6.07) is 0. The van der Waals surface area contributed by atoms with E-state index in [9.17, 15) is 0 Å². The molecule has 2 saturated heterocycles. The van der Waals surface area contributed by atoms with Crippen molar-refractivity contribution in [3.05, 3.63) is 0 Å². The van der Waals surface area contributed by atoms with Crippen LogP contribution in [0.2, 0.25) is 0 Å². The molecular formula is C11H22N2S. The standard InChI is InChI=1S/C11H22N2S/c1-3-13-7-4-10-14-11(13)5-8-12(2)9-6-11/h3-10H2,1-2H3. The van der Waals surface area contributed by atoms with Gasteiger partial charge in [-0.1, -0.05) is 6.92 Å². The maximum Gasteiger partial charge on any atom is 0.0694 e. The second kappa shape index (κ2) is 4.42. The predicted octanol–water partition coefficient (Wildman–Crippen LogP) is 1.87. The fourth-order valence-electron chi connectivity index (χ4n) is 2.69. The SMILES string of the molecule is CCN1CCCSC12CCN(C)CC2. The Morgan fingerprint density at radius 3 is 2.57 bits per heavy atom. The average molecular weight is 214 g/mol. The smallest absolute Gasteiger partial charge is 0.0694 e. The Labute approximate surface area is 92.0 Å². The summed E-state index contributed by atoms with van der Waals surface area (Å²) in [5.74, 6) is 1.38. The van der Waals surface area contributed by atoms with E-state index in [-0.39, 0.29) is 0 Å². The first-order valence-electron chi connectivity index (χ1n) is 5.84. The number of nitrogens with zero attached hydrogens (tertiary/aromatic N) is 2. The molecule has 0 unspecified atom stereocenters. The summed E-state index contributed by atoms with van der Waals surface area (Å²) in [5, 5.41) is 0. The van der Waals surface area contributed by atoms with Crippen LogP contribution >= 0.6 is 11.8 Å². The molecule has 14 heavy (non-hydrogen) atoms. The number of likely N-dealkylation sites (tertiary alicyclic amines) is 1. The highest BCUT2D eigenvalue weighted by Crippen LogP contribution is 2.42. The van der Waals surface area contributed by atoms with Crippen LogP contribution < -0.4 is 0 Å². The van der Waals surface area contributed by atoms with Crippen LogP contribution in [0.15, 0.2) is 0 Å². The lowest BCUT2D eigenvalue weighted by Crippen LogP contribution is -2.55. The van der Waals surface area contributed by atoms with Gasteiger partial charge in [0.15, 0.2) is 0 Å². The van der Waals surface area contributed by atoms with Crippen LogP contribution in [0.5, 0.6) is 0 Å². The normalized spacial score (nSPS) is 29.6. The first-order valence-corrected chi connectivity index (χ1v) is 6.83. The van der Waals surface area contributed by atoms with E-state index in [4.69, 9.17) is 0 Å². The molecule has 0 saturated carbocycles. The van der Waals surface area contributed by atoms with Crippen LogP contribution in [-0.4, -0.2) is 53.7 Å². The minimum Gasteiger partial charge on any atom is -0.306 e. The zero-order chi connectivity index (χ0) is 10.0. The summed E-state index contributed by atoms with van der Waals surface area (Å²) >= 11 is 2.22. The molecule has 2 aliphatic heterocycles. The Morgan fingerprint density at radius 1 is 1.21 bits per heavy atom. The number of thioether (sulfide) groups is 1. The molecule has 2 nitrogen and oxygen atoms in total. The average Bonchev–Trinajstić information content (AvgIpc) is 2.23. The topological polar surface area (TPSA) is 6.48 Å². The molecule has 3 heteroatoms. The highest BCUT2D eigenvalue weighted by molar-refractivity contribution is 8.00. The van der Waals surface area contributed by atoms with Crippen LogP contribution in [0, 0.1) is 0 Å². The van der Waals surface area contributed by atoms with Gasteiger partial charge >= 0.3 is 0 Å². The molecule has 0 amide bonds. The predicted molar refractivity (Wildman–Crippen MR) is 63.8 cm³/mol. The van der Waals surface area contributed by atoms with E-state index < -0.39 is 0 Å². The van der Waals surface area contributed by atoms with Crippen molar-refractivity contribution in [2.75, 3.05) is 39.0 Å². The summed E-state index contributed by atoms with van der Waals surface area (Å²) in [6.45, 7) is 7.43. The van der Waals surface area contributed by atoms with E-state index in [2.05, 4.69) is 35.5 Å². The van der Waals surface area contributed by atoms with Gasteiger partial charge in [0.05, 0.1) is 4.87 Å². The molecule has 0 bridgehead atoms. The number of rotatable bonds is 1. The maximum absolute atomic E-state index is 2.72. The van der Waals surface area contributed by atoms with Crippen molar-refractivity contribution in [3.8, 4) is 0 Å². The van der Waals surface area contributed by atoms with Crippen molar-refractivity contribution >= 4 is 11.8 Å². The minimum absolute atomic E-state index is 0.513. The molecule has 0 N–H and O–H groups in total. The fourth-order valence-corrected chi connectivity index (χ4v) is 4.21. The van der Waals surface area contributed by atoms with Crippen LogP contribution in [0.3, 0.4) is 0 Å². The summed E-state index contributed by atoms with van der Waals surface area (Å²) in [4.78, 5) is 5.70. The van der Waals surface area contributed by atoms with Gasteiger partial charge < -0.3 is 4.90 Å². The molecular weight excluding hydrogens is 192 g/mol. The van der Waals surface area contributed by atoms with Crippen molar-refractivity contribution in [2.24, 2.45) is 0 Å². The third-order valence-electron chi connectivity index (χ3n) is 3.67. The van der Waals surface area contributed by atoms with E-state index in [0.29, 0.717) is 4.87 Å². The van der Waals surface area contributed by atoms with Crippen molar-refractivity contribution in [3.63, 3.8) is 0 Å². The Kier molecular flexibility index (Phi) is 3.40. The van der Waals surface area contributed by atoms with Gasteiger partial charge in [0.2, 0.25) is 0 Å². The monoisotopic (exact) mass is 214 g/mol. The first-order chi connectivity index (χ1) is 6.77. The van der Waals surface area contributed by atoms with Crippen molar-refractivity contribution in [1.82, 2.24) is 9.80 Å². The van der Waals surface area contributed by atoms with E-state index in [1.54, 1.807) is 0 Å². The molecule has 0 aromatic carbocycles. The summed E-state index contributed by atoms with van der Waals surface area (Å²) in [6.07, 6.45) is 4.11. The van der Waals surface area contributed by atoms with Gasteiger partial charge in [-0.25, -0.2) is 0 Å². The minimum atomic E-state index is 0.513. The third-order valence-corrected chi connectivity index (χ3v) is 5.37.